The minimum Gasteiger partial charge on any atom is -0.456 e. The van der Waals surface area contributed by atoms with Crippen LogP contribution in [0.5, 0.6) is 0 Å². The zero-order valence-corrected chi connectivity index (χ0v) is 27.4. The molecule has 2 heteroatoms. The van der Waals surface area contributed by atoms with Crippen LogP contribution >= 0.6 is 0 Å². The Labute approximate surface area is 292 Å². The van der Waals surface area contributed by atoms with Gasteiger partial charge in [0.05, 0.1) is 5.69 Å². The highest BCUT2D eigenvalue weighted by Gasteiger charge is 2.18. The molecule has 1 heterocycles. The van der Waals surface area contributed by atoms with E-state index in [1.807, 2.05) is 18.2 Å². The summed E-state index contributed by atoms with van der Waals surface area (Å²) in [5.41, 5.74) is 12.4. The Morgan fingerprint density at radius 2 is 0.920 bits per heavy atom. The SMILES string of the molecule is c1ccc(-c2ccc(-c3ccccc3N(c3ccccc3)c3ccc4cc(-c5cccc(-c6cc7ccccc7o6)c5)ccc4c3)cc2)cc1. The van der Waals surface area contributed by atoms with Crippen LogP contribution in [0.1, 0.15) is 0 Å². The summed E-state index contributed by atoms with van der Waals surface area (Å²) in [5.74, 6) is 0.881. The summed E-state index contributed by atoms with van der Waals surface area (Å²) in [7, 11) is 0. The van der Waals surface area contributed by atoms with E-state index in [4.69, 9.17) is 4.42 Å². The lowest BCUT2D eigenvalue weighted by Crippen LogP contribution is -2.11. The van der Waals surface area contributed by atoms with Crippen LogP contribution in [0.25, 0.3) is 66.4 Å². The van der Waals surface area contributed by atoms with Gasteiger partial charge >= 0.3 is 0 Å². The minimum absolute atomic E-state index is 0.881. The molecule has 0 fully saturated rings. The van der Waals surface area contributed by atoms with Crippen LogP contribution in [-0.2, 0) is 0 Å². The molecule has 0 amide bonds. The number of hydrogen-bond acceptors (Lipinski definition) is 2. The van der Waals surface area contributed by atoms with Crippen LogP contribution in [-0.4, -0.2) is 0 Å². The van der Waals surface area contributed by atoms with Crippen LogP contribution in [0.15, 0.2) is 205 Å². The van der Waals surface area contributed by atoms with Crippen LogP contribution < -0.4 is 4.90 Å². The molecule has 0 aliphatic heterocycles. The molecule has 8 aromatic carbocycles. The third kappa shape index (κ3) is 5.63. The highest BCUT2D eigenvalue weighted by atomic mass is 16.3. The predicted octanol–water partition coefficient (Wildman–Crippen LogP) is 13.7. The first kappa shape index (κ1) is 29.5. The molecule has 0 bridgehead atoms. The molecule has 1 aromatic heterocycles. The molecule has 0 radical (unpaired) electrons. The zero-order chi connectivity index (χ0) is 33.3. The smallest absolute Gasteiger partial charge is 0.135 e. The minimum atomic E-state index is 0.881. The van der Waals surface area contributed by atoms with Crippen molar-refractivity contribution in [2.45, 2.75) is 0 Å². The van der Waals surface area contributed by atoms with E-state index in [2.05, 4.69) is 187 Å². The van der Waals surface area contributed by atoms with Crippen molar-refractivity contribution < 1.29 is 4.42 Å². The van der Waals surface area contributed by atoms with Crippen molar-refractivity contribution in [3.05, 3.63) is 200 Å². The van der Waals surface area contributed by atoms with Gasteiger partial charge in [0.25, 0.3) is 0 Å². The van der Waals surface area contributed by atoms with Gasteiger partial charge in [-0.1, -0.05) is 146 Å². The van der Waals surface area contributed by atoms with Gasteiger partial charge in [0.15, 0.2) is 0 Å². The summed E-state index contributed by atoms with van der Waals surface area (Å²) in [6, 6.07) is 71.1. The molecule has 0 atom stereocenters. The Hall–Kier alpha value is -6.64. The van der Waals surface area contributed by atoms with Gasteiger partial charge in [-0.2, -0.15) is 0 Å². The Morgan fingerprint density at radius 3 is 1.76 bits per heavy atom. The Balaban J connectivity index is 1.08. The van der Waals surface area contributed by atoms with Gasteiger partial charge < -0.3 is 9.32 Å². The summed E-state index contributed by atoms with van der Waals surface area (Å²) in [6.45, 7) is 0. The average molecular weight is 640 g/mol. The van der Waals surface area contributed by atoms with E-state index < -0.39 is 0 Å². The number of hydrogen-bond donors (Lipinski definition) is 0. The van der Waals surface area contributed by atoms with E-state index in [0.29, 0.717) is 0 Å². The fourth-order valence-electron chi connectivity index (χ4n) is 6.92. The van der Waals surface area contributed by atoms with Gasteiger partial charge in [-0.3, -0.25) is 0 Å². The van der Waals surface area contributed by atoms with Crippen LogP contribution in [0.2, 0.25) is 0 Å². The second-order valence-electron chi connectivity index (χ2n) is 12.6. The second kappa shape index (κ2) is 12.8. The fraction of sp³-hybridized carbons (Fsp3) is 0. The Bertz CT molecular complexity index is 2550. The van der Waals surface area contributed by atoms with E-state index in [-0.39, 0.29) is 0 Å². The largest absolute Gasteiger partial charge is 0.456 e. The third-order valence-corrected chi connectivity index (χ3v) is 9.45. The number of benzene rings is 8. The molecule has 0 saturated heterocycles. The first-order valence-electron chi connectivity index (χ1n) is 17.0. The van der Waals surface area contributed by atoms with Crippen molar-refractivity contribution in [1.82, 2.24) is 0 Å². The molecule has 0 unspecified atom stereocenters. The van der Waals surface area contributed by atoms with Gasteiger partial charge in [-0.15, -0.1) is 0 Å². The van der Waals surface area contributed by atoms with Crippen molar-refractivity contribution in [2.75, 3.05) is 4.90 Å². The van der Waals surface area contributed by atoms with E-state index in [1.54, 1.807) is 0 Å². The monoisotopic (exact) mass is 639 g/mol. The second-order valence-corrected chi connectivity index (χ2v) is 12.6. The number of para-hydroxylation sites is 3. The first-order chi connectivity index (χ1) is 24.8. The number of furan rings is 1. The molecule has 9 rings (SSSR count). The van der Waals surface area contributed by atoms with E-state index in [0.717, 1.165) is 44.9 Å². The van der Waals surface area contributed by atoms with Gasteiger partial charge in [0.1, 0.15) is 11.3 Å². The molecule has 236 valence electrons. The average Bonchev–Trinajstić information content (AvgIpc) is 3.64. The fourth-order valence-corrected chi connectivity index (χ4v) is 6.92. The molecule has 2 nitrogen and oxygen atoms in total. The molecule has 0 aliphatic rings. The lowest BCUT2D eigenvalue weighted by atomic mass is 9.97. The highest BCUT2D eigenvalue weighted by Crippen LogP contribution is 2.42. The van der Waals surface area contributed by atoms with Gasteiger partial charge in [-0.05, 0) is 93.2 Å². The maximum absolute atomic E-state index is 6.18. The number of fused-ring (bicyclic) bond motifs is 2. The maximum atomic E-state index is 6.18. The van der Waals surface area contributed by atoms with Crippen LogP contribution in [0, 0.1) is 0 Å². The van der Waals surface area contributed by atoms with Crippen molar-refractivity contribution in [3.8, 4) is 44.7 Å². The molecule has 0 N–H and O–H groups in total. The summed E-state index contributed by atoms with van der Waals surface area (Å²) >= 11 is 0. The highest BCUT2D eigenvalue weighted by molar-refractivity contribution is 5.95. The van der Waals surface area contributed by atoms with Gasteiger partial charge in [-0.25, -0.2) is 0 Å². The lowest BCUT2D eigenvalue weighted by Gasteiger charge is -2.28. The van der Waals surface area contributed by atoms with Crippen molar-refractivity contribution in [2.24, 2.45) is 0 Å². The number of rotatable bonds is 7. The van der Waals surface area contributed by atoms with Gasteiger partial charge in [0, 0.05) is 27.9 Å². The number of nitrogens with zero attached hydrogens (tertiary/aromatic N) is 1. The standard InChI is InChI=1S/C48H33NO/c1-3-12-34(13-4-1)35-22-24-36(25-23-35)45-19-8-9-20-46(45)49(43-17-5-2-6-18-43)44-29-28-39-30-38(26-27-40(39)32-44)37-15-11-16-41(31-37)48-33-42-14-7-10-21-47(42)50-48/h1-33H. The molecule has 50 heavy (non-hydrogen) atoms. The van der Waals surface area contributed by atoms with Crippen LogP contribution in [0.3, 0.4) is 0 Å². The summed E-state index contributed by atoms with van der Waals surface area (Å²) in [6.07, 6.45) is 0. The predicted molar refractivity (Wildman–Crippen MR) is 210 cm³/mol. The maximum Gasteiger partial charge on any atom is 0.135 e. The Kier molecular flexibility index (Phi) is 7.53. The number of anilines is 3. The van der Waals surface area contributed by atoms with Crippen molar-refractivity contribution in [1.29, 1.82) is 0 Å². The van der Waals surface area contributed by atoms with E-state index in [1.165, 1.54) is 38.6 Å². The molecular weight excluding hydrogens is 607 g/mol. The molecule has 0 spiro atoms. The molecule has 0 saturated carbocycles. The van der Waals surface area contributed by atoms with E-state index in [9.17, 15) is 0 Å². The zero-order valence-electron chi connectivity index (χ0n) is 27.4. The summed E-state index contributed by atoms with van der Waals surface area (Å²) in [5, 5.41) is 3.49. The third-order valence-electron chi connectivity index (χ3n) is 9.45. The molecule has 0 aliphatic carbocycles. The molecule has 9 aromatic rings. The quantitative estimate of drug-likeness (QED) is 0.173. The molecular formula is C48H33NO. The lowest BCUT2D eigenvalue weighted by molar-refractivity contribution is 0.631. The van der Waals surface area contributed by atoms with Crippen molar-refractivity contribution in [3.63, 3.8) is 0 Å². The van der Waals surface area contributed by atoms with Gasteiger partial charge in [0.2, 0.25) is 0 Å². The Morgan fingerprint density at radius 1 is 0.320 bits per heavy atom. The summed E-state index contributed by atoms with van der Waals surface area (Å²) in [4.78, 5) is 2.37. The topological polar surface area (TPSA) is 16.4 Å². The van der Waals surface area contributed by atoms with Crippen LogP contribution in [0.4, 0.5) is 17.1 Å². The van der Waals surface area contributed by atoms with Crippen molar-refractivity contribution >= 4 is 38.8 Å². The first-order valence-corrected chi connectivity index (χ1v) is 17.0. The normalized spacial score (nSPS) is 11.2. The van der Waals surface area contributed by atoms with E-state index >= 15 is 0 Å². The summed E-state index contributed by atoms with van der Waals surface area (Å²) < 4.78 is 6.18.